The minimum absolute atomic E-state index is 0.120. The monoisotopic (exact) mass is 359 g/mol. The Hall–Kier alpha value is -2.34. The van der Waals surface area contributed by atoms with Crippen molar-refractivity contribution in [2.45, 2.75) is 46.8 Å². The summed E-state index contributed by atoms with van der Waals surface area (Å²) in [5, 5.41) is 0. The lowest BCUT2D eigenvalue weighted by atomic mass is 10.2. The van der Waals surface area contributed by atoms with Crippen LogP contribution in [0.1, 0.15) is 49.6 Å². The highest BCUT2D eigenvalue weighted by molar-refractivity contribution is 5.91. The summed E-state index contributed by atoms with van der Waals surface area (Å²) >= 11 is 0. The number of rotatable bonds is 9. The molecule has 0 atom stereocenters. The molecule has 1 heterocycles. The summed E-state index contributed by atoms with van der Waals surface area (Å²) < 4.78 is 11.0. The number of carbonyl (C=O) groups is 1. The van der Waals surface area contributed by atoms with Crippen LogP contribution in [0.2, 0.25) is 0 Å². The van der Waals surface area contributed by atoms with Gasteiger partial charge in [0.2, 0.25) is 5.89 Å². The van der Waals surface area contributed by atoms with Crippen LogP contribution in [-0.4, -0.2) is 46.9 Å². The third kappa shape index (κ3) is 5.33. The first-order valence-corrected chi connectivity index (χ1v) is 9.10. The summed E-state index contributed by atoms with van der Waals surface area (Å²) in [6, 6.07) is 8.42. The molecule has 0 bridgehead atoms. The van der Waals surface area contributed by atoms with Crippen LogP contribution >= 0.6 is 0 Å². The van der Waals surface area contributed by atoms with Gasteiger partial charge < -0.3 is 14.1 Å². The van der Waals surface area contributed by atoms with E-state index < -0.39 is 0 Å². The topological polar surface area (TPSA) is 58.8 Å². The van der Waals surface area contributed by atoms with Crippen molar-refractivity contribution in [3.8, 4) is 5.75 Å². The largest absolute Gasteiger partial charge is 0.494 e. The summed E-state index contributed by atoms with van der Waals surface area (Å²) in [7, 11) is 1.75. The van der Waals surface area contributed by atoms with Gasteiger partial charge in [0, 0.05) is 26.2 Å². The number of oxazole rings is 1. The number of nitrogens with zero attached hydrogens (tertiary/aromatic N) is 3. The normalized spacial score (nSPS) is 11.2. The SMILES string of the molecule is CCOc1ccc(CN(Cc2nc(C(=O)N(C)CC)co2)C(C)C)cc1. The number of hydrogen-bond donors (Lipinski definition) is 0. The molecule has 26 heavy (non-hydrogen) atoms. The maximum Gasteiger partial charge on any atom is 0.275 e. The van der Waals surface area contributed by atoms with Gasteiger partial charge in [-0.3, -0.25) is 9.69 Å². The van der Waals surface area contributed by atoms with Gasteiger partial charge in [-0.1, -0.05) is 12.1 Å². The molecule has 0 aliphatic rings. The zero-order chi connectivity index (χ0) is 19.1. The fraction of sp³-hybridized carbons (Fsp3) is 0.500. The van der Waals surface area contributed by atoms with Crippen molar-refractivity contribution in [1.82, 2.24) is 14.8 Å². The van der Waals surface area contributed by atoms with E-state index in [1.165, 1.54) is 11.8 Å². The second-order valence-electron chi connectivity index (χ2n) is 6.52. The second kappa shape index (κ2) is 9.38. The highest BCUT2D eigenvalue weighted by Crippen LogP contribution is 2.17. The number of carbonyl (C=O) groups excluding carboxylic acids is 1. The van der Waals surface area contributed by atoms with Gasteiger partial charge in [0.05, 0.1) is 13.2 Å². The zero-order valence-electron chi connectivity index (χ0n) is 16.4. The Morgan fingerprint density at radius 3 is 2.46 bits per heavy atom. The second-order valence-corrected chi connectivity index (χ2v) is 6.52. The third-order valence-corrected chi connectivity index (χ3v) is 4.28. The van der Waals surface area contributed by atoms with E-state index in [0.717, 1.165) is 12.3 Å². The van der Waals surface area contributed by atoms with Gasteiger partial charge in [0.15, 0.2) is 5.69 Å². The number of ether oxygens (including phenoxy) is 1. The predicted molar refractivity (Wildman–Crippen MR) is 101 cm³/mol. The molecular weight excluding hydrogens is 330 g/mol. The smallest absolute Gasteiger partial charge is 0.275 e. The maximum absolute atomic E-state index is 12.2. The highest BCUT2D eigenvalue weighted by Gasteiger charge is 2.18. The van der Waals surface area contributed by atoms with E-state index in [1.807, 2.05) is 26.0 Å². The van der Waals surface area contributed by atoms with Crippen molar-refractivity contribution in [2.75, 3.05) is 20.2 Å². The summed E-state index contributed by atoms with van der Waals surface area (Å²) in [5.74, 6) is 1.31. The van der Waals surface area contributed by atoms with Gasteiger partial charge in [-0.15, -0.1) is 0 Å². The summed E-state index contributed by atoms with van der Waals surface area (Å²) in [6.45, 7) is 10.8. The molecule has 142 valence electrons. The predicted octanol–water partition coefficient (Wildman–Crippen LogP) is 3.58. The van der Waals surface area contributed by atoms with Crippen LogP contribution in [-0.2, 0) is 13.1 Å². The molecule has 0 aliphatic carbocycles. The molecule has 0 saturated carbocycles. The molecule has 6 nitrogen and oxygen atoms in total. The molecular formula is C20H29N3O3. The lowest BCUT2D eigenvalue weighted by Crippen LogP contribution is -2.30. The van der Waals surface area contributed by atoms with Crippen molar-refractivity contribution in [3.05, 3.63) is 47.7 Å². The molecule has 0 radical (unpaired) electrons. The van der Waals surface area contributed by atoms with E-state index in [2.05, 4.69) is 35.9 Å². The van der Waals surface area contributed by atoms with Crippen LogP contribution in [0.3, 0.4) is 0 Å². The summed E-state index contributed by atoms with van der Waals surface area (Å²) in [6.07, 6.45) is 1.44. The molecule has 2 rings (SSSR count). The van der Waals surface area contributed by atoms with Crippen molar-refractivity contribution in [2.24, 2.45) is 0 Å². The lowest BCUT2D eigenvalue weighted by molar-refractivity contribution is 0.0796. The first-order valence-electron chi connectivity index (χ1n) is 9.10. The Labute approximate surface area is 155 Å². The van der Waals surface area contributed by atoms with Gasteiger partial charge >= 0.3 is 0 Å². The van der Waals surface area contributed by atoms with Crippen molar-refractivity contribution in [1.29, 1.82) is 0 Å². The molecule has 0 saturated heterocycles. The first kappa shape index (κ1) is 20.0. The van der Waals surface area contributed by atoms with Gasteiger partial charge in [0.25, 0.3) is 5.91 Å². The van der Waals surface area contributed by atoms with Gasteiger partial charge in [-0.05, 0) is 45.4 Å². The van der Waals surface area contributed by atoms with Crippen molar-refractivity contribution < 1.29 is 13.9 Å². The molecule has 0 aliphatic heterocycles. The highest BCUT2D eigenvalue weighted by atomic mass is 16.5. The van der Waals surface area contributed by atoms with E-state index in [-0.39, 0.29) is 5.91 Å². The molecule has 0 fully saturated rings. The molecule has 1 amide bonds. The number of hydrogen-bond acceptors (Lipinski definition) is 5. The van der Waals surface area contributed by atoms with Gasteiger partial charge in [0.1, 0.15) is 12.0 Å². The maximum atomic E-state index is 12.2. The number of amides is 1. The molecule has 1 aromatic heterocycles. The lowest BCUT2D eigenvalue weighted by Gasteiger charge is -2.25. The molecule has 0 N–H and O–H groups in total. The first-order chi connectivity index (χ1) is 12.4. The fourth-order valence-electron chi connectivity index (χ4n) is 2.51. The summed E-state index contributed by atoms with van der Waals surface area (Å²) in [5.41, 5.74) is 1.55. The van der Waals surface area contributed by atoms with E-state index in [0.29, 0.717) is 37.3 Å². The van der Waals surface area contributed by atoms with Crippen LogP contribution in [0.4, 0.5) is 0 Å². The number of aromatic nitrogens is 1. The zero-order valence-corrected chi connectivity index (χ0v) is 16.4. The molecule has 2 aromatic rings. The number of benzene rings is 1. The van der Waals surface area contributed by atoms with Crippen LogP contribution < -0.4 is 4.74 Å². The van der Waals surface area contributed by atoms with Gasteiger partial charge in [-0.2, -0.15) is 0 Å². The Morgan fingerprint density at radius 2 is 1.88 bits per heavy atom. The molecule has 0 unspecified atom stereocenters. The minimum atomic E-state index is -0.120. The minimum Gasteiger partial charge on any atom is -0.494 e. The summed E-state index contributed by atoms with van der Waals surface area (Å²) in [4.78, 5) is 20.4. The van der Waals surface area contributed by atoms with Crippen molar-refractivity contribution >= 4 is 5.91 Å². The molecule has 1 aromatic carbocycles. The molecule has 0 spiro atoms. The third-order valence-electron chi connectivity index (χ3n) is 4.28. The Kier molecular flexibility index (Phi) is 7.21. The average molecular weight is 359 g/mol. The van der Waals surface area contributed by atoms with Crippen LogP contribution in [0.5, 0.6) is 5.75 Å². The van der Waals surface area contributed by atoms with E-state index in [9.17, 15) is 4.79 Å². The quantitative estimate of drug-likeness (QED) is 0.685. The Morgan fingerprint density at radius 1 is 1.19 bits per heavy atom. The van der Waals surface area contributed by atoms with Crippen LogP contribution in [0.15, 0.2) is 34.9 Å². The van der Waals surface area contributed by atoms with Crippen LogP contribution in [0.25, 0.3) is 0 Å². The Balaban J connectivity index is 2.04. The van der Waals surface area contributed by atoms with Crippen molar-refractivity contribution in [3.63, 3.8) is 0 Å². The van der Waals surface area contributed by atoms with Gasteiger partial charge in [-0.25, -0.2) is 4.98 Å². The molecule has 6 heteroatoms. The average Bonchev–Trinajstić information content (AvgIpc) is 3.10. The van der Waals surface area contributed by atoms with E-state index in [1.54, 1.807) is 11.9 Å². The Bertz CT molecular complexity index is 695. The van der Waals surface area contributed by atoms with Crippen LogP contribution in [0, 0.1) is 0 Å². The van der Waals surface area contributed by atoms with E-state index >= 15 is 0 Å². The van der Waals surface area contributed by atoms with E-state index in [4.69, 9.17) is 9.15 Å². The fourth-order valence-corrected chi connectivity index (χ4v) is 2.51. The standard InChI is InChI=1S/C20H29N3O3/c1-6-22(5)20(24)18-14-26-19(21-18)13-23(15(3)4)12-16-8-10-17(11-9-16)25-7-2/h8-11,14-15H,6-7,12-13H2,1-5H3.